The number of imide groups is 1. The van der Waals surface area contributed by atoms with Crippen molar-refractivity contribution in [2.75, 3.05) is 5.32 Å². The summed E-state index contributed by atoms with van der Waals surface area (Å²) in [6.07, 6.45) is 1.50. The van der Waals surface area contributed by atoms with Gasteiger partial charge in [-0.05, 0) is 71.4 Å². The number of halogens is 1. The molecule has 0 radical (unpaired) electrons. The van der Waals surface area contributed by atoms with Crippen molar-refractivity contribution in [2.45, 2.75) is 18.4 Å². The lowest BCUT2D eigenvalue weighted by molar-refractivity contribution is -0.123. The summed E-state index contributed by atoms with van der Waals surface area (Å²) in [6.45, 7) is 1.39. The fourth-order valence-electron chi connectivity index (χ4n) is 3.32. The first kappa shape index (κ1) is 25.5. The first-order valence-electron chi connectivity index (χ1n) is 10.5. The van der Waals surface area contributed by atoms with Crippen molar-refractivity contribution >= 4 is 62.3 Å². The largest absolute Gasteiger partial charge is 0.379 e. The predicted molar refractivity (Wildman–Crippen MR) is 138 cm³/mol. The van der Waals surface area contributed by atoms with E-state index < -0.39 is 21.3 Å². The number of hydrogen-bond donors (Lipinski definition) is 1. The summed E-state index contributed by atoms with van der Waals surface area (Å²) in [5.41, 5.74) is 1.58. The molecule has 3 amide bonds. The molecule has 3 aromatic carbocycles. The normalized spacial score (nSPS) is 14.8. The summed E-state index contributed by atoms with van der Waals surface area (Å²) in [5.74, 6) is -0.714. The highest BCUT2D eigenvalue weighted by Gasteiger charge is 2.35. The van der Waals surface area contributed by atoms with E-state index in [2.05, 4.69) is 5.32 Å². The quantitative estimate of drug-likeness (QED) is 0.318. The van der Waals surface area contributed by atoms with Gasteiger partial charge in [-0.25, -0.2) is 0 Å². The van der Waals surface area contributed by atoms with E-state index in [0.29, 0.717) is 21.8 Å². The molecule has 0 aromatic heterocycles. The lowest BCUT2D eigenvalue weighted by atomic mass is 10.2. The summed E-state index contributed by atoms with van der Waals surface area (Å²) in [4.78, 5) is 37.6. The highest BCUT2D eigenvalue weighted by atomic mass is 35.5. The van der Waals surface area contributed by atoms with Crippen LogP contribution < -0.4 is 9.50 Å². The number of amides is 3. The van der Waals surface area contributed by atoms with Crippen LogP contribution >= 0.6 is 23.4 Å². The molecule has 184 valence electrons. The Morgan fingerprint density at radius 2 is 1.78 bits per heavy atom. The third-order valence-corrected chi connectivity index (χ3v) is 7.52. The zero-order valence-electron chi connectivity index (χ0n) is 18.8. The lowest BCUT2D eigenvalue weighted by Gasteiger charge is -2.13. The van der Waals surface area contributed by atoms with Crippen LogP contribution in [0.2, 0.25) is 5.02 Å². The molecule has 8 nitrogen and oxygen atoms in total. The molecule has 0 aliphatic carbocycles. The van der Waals surface area contributed by atoms with E-state index in [4.69, 9.17) is 15.8 Å². The van der Waals surface area contributed by atoms with Crippen LogP contribution in [0, 0.1) is 0 Å². The standard InChI is InChI=1S/C25H19ClN2O6S2/c1-16(29)27-19-9-11-21(12-10-19)36(32,33)34-20-7-4-5-17(13-20)14-23-24(30)28(25(31)35-23)15-18-6-2-3-8-22(18)26/h2-14H,15H2,1H3,(H,27,29)/b23-14-. The Kier molecular flexibility index (Phi) is 7.48. The number of benzene rings is 3. The smallest absolute Gasteiger partial charge is 0.339 e. The average molecular weight is 543 g/mol. The van der Waals surface area contributed by atoms with Crippen LogP contribution in [-0.4, -0.2) is 30.4 Å². The molecule has 1 heterocycles. The van der Waals surface area contributed by atoms with Gasteiger partial charge in [0.15, 0.2) is 0 Å². The van der Waals surface area contributed by atoms with Crippen molar-refractivity contribution < 1.29 is 27.0 Å². The van der Waals surface area contributed by atoms with Crippen molar-refractivity contribution in [2.24, 2.45) is 0 Å². The zero-order chi connectivity index (χ0) is 25.9. The number of nitrogens with zero attached hydrogens (tertiary/aromatic N) is 1. The molecule has 36 heavy (non-hydrogen) atoms. The third-order valence-electron chi connectivity index (χ3n) is 4.99. The van der Waals surface area contributed by atoms with Crippen molar-refractivity contribution in [3.05, 3.63) is 93.9 Å². The molecular formula is C25H19ClN2O6S2. The number of carbonyl (C=O) groups is 3. The summed E-state index contributed by atoms with van der Waals surface area (Å²) in [5, 5.41) is 2.58. The van der Waals surface area contributed by atoms with Gasteiger partial charge in [-0.1, -0.05) is 41.9 Å². The van der Waals surface area contributed by atoms with Gasteiger partial charge in [0.2, 0.25) is 5.91 Å². The highest BCUT2D eigenvalue weighted by Crippen LogP contribution is 2.34. The zero-order valence-corrected chi connectivity index (χ0v) is 21.2. The van der Waals surface area contributed by atoms with E-state index in [0.717, 1.165) is 16.7 Å². The van der Waals surface area contributed by atoms with Crippen LogP contribution in [0.1, 0.15) is 18.1 Å². The van der Waals surface area contributed by atoms with E-state index in [1.54, 1.807) is 36.4 Å². The molecule has 1 saturated heterocycles. The molecule has 0 atom stereocenters. The van der Waals surface area contributed by atoms with Gasteiger partial charge in [0.1, 0.15) is 10.6 Å². The molecule has 0 saturated carbocycles. The third kappa shape index (κ3) is 5.96. The molecule has 4 rings (SSSR count). The Balaban J connectivity index is 1.50. The average Bonchev–Trinajstić information content (AvgIpc) is 3.07. The Bertz CT molecular complexity index is 1490. The fraction of sp³-hybridized carbons (Fsp3) is 0.0800. The first-order chi connectivity index (χ1) is 17.1. The van der Waals surface area contributed by atoms with Gasteiger partial charge in [-0.15, -0.1) is 0 Å². The maximum Gasteiger partial charge on any atom is 0.339 e. The van der Waals surface area contributed by atoms with Crippen LogP contribution in [0.5, 0.6) is 5.75 Å². The summed E-state index contributed by atoms with van der Waals surface area (Å²) < 4.78 is 30.6. The number of nitrogens with one attached hydrogen (secondary N) is 1. The number of hydrogen-bond acceptors (Lipinski definition) is 7. The van der Waals surface area contributed by atoms with Gasteiger partial charge in [0, 0.05) is 17.6 Å². The highest BCUT2D eigenvalue weighted by molar-refractivity contribution is 8.18. The predicted octanol–water partition coefficient (Wildman–Crippen LogP) is 5.30. The number of thioether (sulfide) groups is 1. The fourth-order valence-corrected chi connectivity index (χ4v) is 5.28. The van der Waals surface area contributed by atoms with Gasteiger partial charge in [0.25, 0.3) is 11.1 Å². The molecule has 3 aromatic rings. The van der Waals surface area contributed by atoms with Gasteiger partial charge in [-0.2, -0.15) is 8.42 Å². The number of rotatable bonds is 7. The Labute approximate surface area is 217 Å². The second-order valence-corrected chi connectivity index (χ2v) is 10.6. The SMILES string of the molecule is CC(=O)Nc1ccc(S(=O)(=O)Oc2cccc(/C=C3\SC(=O)N(Cc4ccccc4Cl)C3=O)c2)cc1. The van der Waals surface area contributed by atoms with Crippen molar-refractivity contribution in [3.63, 3.8) is 0 Å². The number of carbonyl (C=O) groups excluding carboxylic acids is 3. The summed E-state index contributed by atoms with van der Waals surface area (Å²) in [6, 6.07) is 18.6. The molecule has 1 aliphatic heterocycles. The molecular weight excluding hydrogens is 524 g/mol. The molecule has 0 spiro atoms. The van der Waals surface area contributed by atoms with E-state index >= 15 is 0 Å². The molecule has 0 unspecified atom stereocenters. The van der Waals surface area contributed by atoms with E-state index in [-0.39, 0.29) is 28.0 Å². The van der Waals surface area contributed by atoms with Crippen LogP contribution in [0.4, 0.5) is 10.5 Å². The lowest BCUT2D eigenvalue weighted by Crippen LogP contribution is -2.27. The minimum absolute atomic E-state index is 0.0324. The second-order valence-electron chi connectivity index (χ2n) is 7.67. The minimum atomic E-state index is -4.15. The number of anilines is 1. The van der Waals surface area contributed by atoms with Crippen molar-refractivity contribution in [1.82, 2.24) is 4.90 Å². The van der Waals surface area contributed by atoms with Gasteiger partial charge in [0.05, 0.1) is 11.4 Å². The van der Waals surface area contributed by atoms with Crippen LogP contribution in [-0.2, 0) is 26.3 Å². The second kappa shape index (κ2) is 10.6. The summed E-state index contributed by atoms with van der Waals surface area (Å²) in [7, 11) is -4.15. The van der Waals surface area contributed by atoms with Crippen LogP contribution in [0.25, 0.3) is 6.08 Å². The van der Waals surface area contributed by atoms with E-state index in [9.17, 15) is 22.8 Å². The van der Waals surface area contributed by atoms with Gasteiger partial charge in [-0.3, -0.25) is 19.3 Å². The van der Waals surface area contributed by atoms with E-state index in [1.807, 2.05) is 0 Å². The van der Waals surface area contributed by atoms with Crippen LogP contribution in [0.15, 0.2) is 82.6 Å². The van der Waals surface area contributed by atoms with Crippen molar-refractivity contribution in [1.29, 1.82) is 0 Å². The molecule has 1 fully saturated rings. The van der Waals surface area contributed by atoms with E-state index in [1.165, 1.54) is 49.4 Å². The Hall–Kier alpha value is -3.60. The monoisotopic (exact) mass is 542 g/mol. The Morgan fingerprint density at radius 3 is 2.47 bits per heavy atom. The molecule has 1 aliphatic rings. The maximum atomic E-state index is 12.8. The topological polar surface area (TPSA) is 110 Å². The first-order valence-corrected chi connectivity index (χ1v) is 13.1. The summed E-state index contributed by atoms with van der Waals surface area (Å²) >= 11 is 6.95. The van der Waals surface area contributed by atoms with Gasteiger partial charge >= 0.3 is 10.1 Å². The molecule has 0 bridgehead atoms. The minimum Gasteiger partial charge on any atom is -0.379 e. The van der Waals surface area contributed by atoms with Gasteiger partial charge < -0.3 is 9.50 Å². The molecule has 1 N–H and O–H groups in total. The molecule has 11 heteroatoms. The van der Waals surface area contributed by atoms with Crippen molar-refractivity contribution in [3.8, 4) is 5.75 Å². The van der Waals surface area contributed by atoms with Crippen LogP contribution in [0.3, 0.4) is 0 Å². The Morgan fingerprint density at radius 1 is 1.06 bits per heavy atom. The maximum absolute atomic E-state index is 12.8.